The fourth-order valence-electron chi connectivity index (χ4n) is 2.70. The maximum atomic E-state index is 12.4. The topological polar surface area (TPSA) is 59.0 Å². The highest BCUT2D eigenvalue weighted by atomic mass is 35.5. The molecule has 130 valence electrons. The molecule has 1 aliphatic heterocycles. The minimum Gasteiger partial charge on any atom is -0.316 e. The number of hydrogen-bond donors (Lipinski definition) is 2. The van der Waals surface area contributed by atoms with Gasteiger partial charge in [0.25, 0.3) is 0 Å². The zero-order chi connectivity index (χ0) is 16.2. The van der Waals surface area contributed by atoms with Gasteiger partial charge in [-0.2, -0.15) is 5.10 Å². The lowest BCUT2D eigenvalue weighted by atomic mass is 9.99. The standard InChI is InChI=1S/C16H18Cl2N4O.ClH/c17-13-5-1-3-12(15(13)18)10-22-14(6-8-20-22)21-16(23)11-4-2-7-19-9-11;/h1,3,5-6,8,11,19H,2,4,7,9-10H2,(H,21,23);1H. The number of nitrogens with one attached hydrogen (secondary N) is 2. The molecule has 2 heterocycles. The number of nitrogens with zero attached hydrogens (tertiary/aromatic N) is 2. The maximum Gasteiger partial charge on any atom is 0.229 e. The molecule has 0 radical (unpaired) electrons. The smallest absolute Gasteiger partial charge is 0.229 e. The van der Waals surface area contributed by atoms with Crippen LogP contribution in [0.25, 0.3) is 0 Å². The van der Waals surface area contributed by atoms with Crippen molar-refractivity contribution in [2.45, 2.75) is 19.4 Å². The molecule has 2 aromatic rings. The lowest BCUT2D eigenvalue weighted by molar-refractivity contribution is -0.120. The van der Waals surface area contributed by atoms with Crippen molar-refractivity contribution in [1.29, 1.82) is 0 Å². The molecule has 2 N–H and O–H groups in total. The second-order valence-electron chi connectivity index (χ2n) is 5.62. The van der Waals surface area contributed by atoms with Crippen LogP contribution in [0.15, 0.2) is 30.5 Å². The van der Waals surface area contributed by atoms with Crippen LogP contribution in [0.4, 0.5) is 5.82 Å². The third-order valence-corrected chi connectivity index (χ3v) is 4.85. The van der Waals surface area contributed by atoms with Crippen molar-refractivity contribution in [3.05, 3.63) is 46.1 Å². The Morgan fingerprint density at radius 1 is 1.38 bits per heavy atom. The first-order chi connectivity index (χ1) is 11.1. The molecular formula is C16H19Cl3N4O. The maximum absolute atomic E-state index is 12.4. The van der Waals surface area contributed by atoms with Crippen molar-refractivity contribution in [3.63, 3.8) is 0 Å². The van der Waals surface area contributed by atoms with Crippen LogP contribution >= 0.6 is 35.6 Å². The molecule has 0 saturated carbocycles. The molecule has 1 aliphatic rings. The predicted molar refractivity (Wildman–Crippen MR) is 99.3 cm³/mol. The second kappa shape index (κ2) is 8.72. The third-order valence-electron chi connectivity index (χ3n) is 3.99. The Morgan fingerprint density at radius 2 is 2.21 bits per heavy atom. The lowest BCUT2D eigenvalue weighted by Crippen LogP contribution is -2.37. The molecular weight excluding hydrogens is 371 g/mol. The van der Waals surface area contributed by atoms with Gasteiger partial charge in [-0.25, -0.2) is 4.68 Å². The SMILES string of the molecule is Cl.O=C(Nc1ccnn1Cc1cccc(Cl)c1Cl)C1CCCNC1. The number of carbonyl (C=O) groups is 1. The Labute approximate surface area is 157 Å². The summed E-state index contributed by atoms with van der Waals surface area (Å²) in [4.78, 5) is 12.4. The first kappa shape index (κ1) is 19.1. The Bertz CT molecular complexity index is 698. The van der Waals surface area contributed by atoms with Gasteiger partial charge in [-0.1, -0.05) is 35.3 Å². The van der Waals surface area contributed by atoms with Crippen LogP contribution in [-0.2, 0) is 11.3 Å². The van der Waals surface area contributed by atoms with Crippen LogP contribution in [-0.4, -0.2) is 28.8 Å². The molecule has 1 unspecified atom stereocenters. The zero-order valence-corrected chi connectivity index (χ0v) is 15.3. The van der Waals surface area contributed by atoms with Crippen LogP contribution in [0.5, 0.6) is 0 Å². The number of rotatable bonds is 4. The molecule has 5 nitrogen and oxygen atoms in total. The molecule has 3 rings (SSSR count). The van der Waals surface area contributed by atoms with E-state index < -0.39 is 0 Å². The molecule has 1 saturated heterocycles. The van der Waals surface area contributed by atoms with Crippen molar-refractivity contribution in [2.24, 2.45) is 5.92 Å². The number of amides is 1. The van der Waals surface area contributed by atoms with Gasteiger partial charge in [-0.05, 0) is 31.0 Å². The lowest BCUT2D eigenvalue weighted by Gasteiger charge is -2.22. The highest BCUT2D eigenvalue weighted by Crippen LogP contribution is 2.26. The number of piperidine rings is 1. The van der Waals surface area contributed by atoms with E-state index in [2.05, 4.69) is 15.7 Å². The van der Waals surface area contributed by atoms with Crippen LogP contribution in [0, 0.1) is 5.92 Å². The molecule has 0 spiro atoms. The summed E-state index contributed by atoms with van der Waals surface area (Å²) < 4.78 is 1.71. The Morgan fingerprint density at radius 3 is 2.96 bits per heavy atom. The number of anilines is 1. The van der Waals surface area contributed by atoms with Gasteiger partial charge < -0.3 is 10.6 Å². The van der Waals surface area contributed by atoms with E-state index in [0.29, 0.717) is 22.4 Å². The quantitative estimate of drug-likeness (QED) is 0.840. The van der Waals surface area contributed by atoms with E-state index in [0.717, 1.165) is 31.5 Å². The molecule has 1 aromatic carbocycles. The van der Waals surface area contributed by atoms with Crippen LogP contribution in [0.3, 0.4) is 0 Å². The van der Waals surface area contributed by atoms with E-state index in [4.69, 9.17) is 23.2 Å². The Hall–Kier alpha value is -1.27. The van der Waals surface area contributed by atoms with Crippen LogP contribution < -0.4 is 10.6 Å². The summed E-state index contributed by atoms with van der Waals surface area (Å²) in [7, 11) is 0. The molecule has 24 heavy (non-hydrogen) atoms. The predicted octanol–water partition coefficient (Wildman–Crippen LogP) is 3.60. The van der Waals surface area contributed by atoms with Gasteiger partial charge in [0, 0.05) is 12.6 Å². The Balaban J connectivity index is 0.00000208. The molecule has 0 bridgehead atoms. The zero-order valence-electron chi connectivity index (χ0n) is 13.0. The van der Waals surface area contributed by atoms with Crippen molar-refractivity contribution < 1.29 is 4.79 Å². The van der Waals surface area contributed by atoms with Crippen molar-refractivity contribution >= 4 is 47.3 Å². The van der Waals surface area contributed by atoms with Gasteiger partial charge in [-0.3, -0.25) is 4.79 Å². The van der Waals surface area contributed by atoms with E-state index in [1.165, 1.54) is 0 Å². The summed E-state index contributed by atoms with van der Waals surface area (Å²) in [5, 5.41) is 11.5. The summed E-state index contributed by atoms with van der Waals surface area (Å²) in [6.07, 6.45) is 3.59. The van der Waals surface area contributed by atoms with E-state index in [1.807, 2.05) is 12.1 Å². The van der Waals surface area contributed by atoms with E-state index in [9.17, 15) is 4.79 Å². The van der Waals surface area contributed by atoms with Gasteiger partial charge in [0.15, 0.2) is 0 Å². The van der Waals surface area contributed by atoms with Crippen molar-refractivity contribution in [3.8, 4) is 0 Å². The minimum atomic E-state index is 0. The highest BCUT2D eigenvalue weighted by molar-refractivity contribution is 6.42. The molecule has 8 heteroatoms. The van der Waals surface area contributed by atoms with E-state index in [1.54, 1.807) is 23.0 Å². The number of benzene rings is 1. The Kier molecular flexibility index (Phi) is 6.92. The van der Waals surface area contributed by atoms with Gasteiger partial charge in [0.05, 0.1) is 28.7 Å². The number of hydrogen-bond acceptors (Lipinski definition) is 3. The van der Waals surface area contributed by atoms with Gasteiger partial charge >= 0.3 is 0 Å². The molecule has 1 amide bonds. The van der Waals surface area contributed by atoms with Crippen LogP contribution in [0.1, 0.15) is 18.4 Å². The normalized spacial score (nSPS) is 17.2. The first-order valence-electron chi connectivity index (χ1n) is 7.61. The van der Waals surface area contributed by atoms with Crippen molar-refractivity contribution in [1.82, 2.24) is 15.1 Å². The molecule has 1 aromatic heterocycles. The van der Waals surface area contributed by atoms with E-state index >= 15 is 0 Å². The fourth-order valence-corrected chi connectivity index (χ4v) is 3.08. The largest absolute Gasteiger partial charge is 0.316 e. The first-order valence-corrected chi connectivity index (χ1v) is 8.37. The minimum absolute atomic E-state index is 0. The number of halogens is 3. The summed E-state index contributed by atoms with van der Waals surface area (Å²) in [6, 6.07) is 7.27. The molecule has 1 fully saturated rings. The number of aromatic nitrogens is 2. The molecule has 1 atom stereocenters. The van der Waals surface area contributed by atoms with Crippen molar-refractivity contribution in [2.75, 3.05) is 18.4 Å². The third kappa shape index (κ3) is 4.42. The van der Waals surface area contributed by atoms with Gasteiger partial charge in [0.1, 0.15) is 5.82 Å². The fraction of sp³-hybridized carbons (Fsp3) is 0.375. The summed E-state index contributed by atoms with van der Waals surface area (Å²) >= 11 is 12.3. The summed E-state index contributed by atoms with van der Waals surface area (Å²) in [6.45, 7) is 2.15. The summed E-state index contributed by atoms with van der Waals surface area (Å²) in [5.74, 6) is 0.689. The van der Waals surface area contributed by atoms with Gasteiger partial charge in [0.2, 0.25) is 5.91 Å². The summed E-state index contributed by atoms with van der Waals surface area (Å²) in [5.41, 5.74) is 0.859. The number of carbonyl (C=O) groups excluding carboxylic acids is 1. The molecule has 0 aliphatic carbocycles. The average Bonchev–Trinajstić information content (AvgIpc) is 2.99. The van der Waals surface area contributed by atoms with E-state index in [-0.39, 0.29) is 24.2 Å². The van der Waals surface area contributed by atoms with Crippen LogP contribution in [0.2, 0.25) is 10.0 Å². The highest BCUT2D eigenvalue weighted by Gasteiger charge is 2.22. The monoisotopic (exact) mass is 388 g/mol. The average molecular weight is 390 g/mol. The second-order valence-corrected chi connectivity index (χ2v) is 6.40. The van der Waals surface area contributed by atoms with Gasteiger partial charge in [-0.15, -0.1) is 12.4 Å².